The van der Waals surface area contributed by atoms with Gasteiger partial charge in [0.25, 0.3) is 0 Å². The van der Waals surface area contributed by atoms with E-state index in [1.165, 1.54) is 12.1 Å². The number of hydrogen-bond donors (Lipinski definition) is 2. The lowest BCUT2D eigenvalue weighted by Gasteiger charge is -1.98. The average Bonchev–Trinajstić information content (AvgIpc) is 2.26. The third kappa shape index (κ3) is 3.63. The molecule has 3 heteroatoms. The first-order valence-corrected chi connectivity index (χ1v) is 5.45. The normalized spacial score (nSPS) is 12.6. The van der Waals surface area contributed by atoms with E-state index in [2.05, 4.69) is 6.58 Å². The minimum Gasteiger partial charge on any atom is -0.512 e. The van der Waals surface area contributed by atoms with Crippen LogP contribution in [0.4, 0.5) is 0 Å². The number of phenols is 1. The molecule has 0 spiro atoms. The van der Waals surface area contributed by atoms with E-state index in [0.717, 1.165) is 0 Å². The Balaban J connectivity index is 0.00000106. The highest BCUT2D eigenvalue weighted by Gasteiger charge is 1.99. The Hall–Kier alpha value is -1.41. The summed E-state index contributed by atoms with van der Waals surface area (Å²) in [7, 11) is 0. The van der Waals surface area contributed by atoms with Gasteiger partial charge in [-0.3, -0.25) is 0 Å². The molecule has 0 saturated carbocycles. The first kappa shape index (κ1) is 14.6. The van der Waals surface area contributed by atoms with E-state index >= 15 is 0 Å². The summed E-state index contributed by atoms with van der Waals surface area (Å²) < 4.78 is 0. The van der Waals surface area contributed by atoms with Crippen LogP contribution in [0, 0.1) is 0 Å². The van der Waals surface area contributed by atoms with Gasteiger partial charge in [0.05, 0.1) is 10.8 Å². The lowest BCUT2D eigenvalue weighted by Crippen LogP contribution is -2.26. The maximum absolute atomic E-state index is 9.37. The van der Waals surface area contributed by atoms with Crippen molar-refractivity contribution >= 4 is 23.4 Å². The van der Waals surface area contributed by atoms with Crippen molar-refractivity contribution in [3.05, 3.63) is 40.2 Å². The van der Waals surface area contributed by atoms with E-state index in [4.69, 9.17) is 11.6 Å². The zero-order valence-electron chi connectivity index (χ0n) is 9.79. The first-order chi connectivity index (χ1) is 7.56. The third-order valence-electron chi connectivity index (χ3n) is 1.81. The fraction of sp³-hybridized carbons (Fsp3) is 0.231. The number of allylic oxidation sites excluding steroid dienone is 1. The molecule has 0 aliphatic heterocycles. The summed E-state index contributed by atoms with van der Waals surface area (Å²) in [5, 5.41) is 20.2. The van der Waals surface area contributed by atoms with Crippen LogP contribution in [0.1, 0.15) is 20.8 Å². The summed E-state index contributed by atoms with van der Waals surface area (Å²) in [5.41, 5.74) is 0. The number of aliphatic hydroxyl groups is 1. The van der Waals surface area contributed by atoms with Crippen molar-refractivity contribution in [2.45, 2.75) is 20.8 Å². The monoisotopic (exact) mass is 240 g/mol. The van der Waals surface area contributed by atoms with Gasteiger partial charge >= 0.3 is 0 Å². The van der Waals surface area contributed by atoms with Gasteiger partial charge in [-0.05, 0) is 24.3 Å². The Labute approximate surface area is 101 Å². The van der Waals surface area contributed by atoms with Gasteiger partial charge in [-0.2, -0.15) is 0 Å². The van der Waals surface area contributed by atoms with Crippen molar-refractivity contribution in [2.24, 2.45) is 0 Å². The van der Waals surface area contributed by atoms with Crippen molar-refractivity contribution in [3.63, 3.8) is 0 Å². The molecule has 0 saturated heterocycles. The molecule has 1 rings (SSSR count). The van der Waals surface area contributed by atoms with Crippen LogP contribution >= 0.6 is 11.6 Å². The van der Waals surface area contributed by atoms with Gasteiger partial charge in [0.2, 0.25) is 0 Å². The number of aromatic hydroxyl groups is 1. The van der Waals surface area contributed by atoms with Gasteiger partial charge in [0, 0.05) is 5.22 Å². The molecular formula is C13H17ClO2. The average molecular weight is 241 g/mol. The highest BCUT2D eigenvalue weighted by Crippen LogP contribution is 2.17. The van der Waals surface area contributed by atoms with Crippen molar-refractivity contribution < 1.29 is 10.2 Å². The lowest BCUT2D eigenvalue weighted by molar-refractivity contribution is 0.474. The Morgan fingerprint density at radius 2 is 1.94 bits per heavy atom. The fourth-order valence-corrected chi connectivity index (χ4v) is 1.32. The number of aliphatic hydroxyl groups excluding tert-OH is 1. The summed E-state index contributed by atoms with van der Waals surface area (Å²) in [4.78, 5) is 0. The number of phenolic OH excluding ortho intramolecular Hbond substituents is 1. The predicted molar refractivity (Wildman–Crippen MR) is 70.1 cm³/mol. The first-order valence-electron chi connectivity index (χ1n) is 5.07. The van der Waals surface area contributed by atoms with Crippen LogP contribution in [0.5, 0.6) is 5.75 Å². The molecular weight excluding hydrogens is 224 g/mol. The molecule has 1 aromatic rings. The van der Waals surface area contributed by atoms with Gasteiger partial charge in [0.1, 0.15) is 5.75 Å². The molecule has 0 unspecified atom stereocenters. The number of benzene rings is 1. The number of hydrogen-bond acceptors (Lipinski definition) is 2. The standard InChI is InChI=1S/C11H11ClO2.C2H6/c1-3-4-8-5-11(14)10(12)6-9(8)7(2)13;1-2/h3-6,13-14H,1H2,2H3;1-2H3/b8-4-,9-7+;. The Morgan fingerprint density at radius 3 is 2.38 bits per heavy atom. The van der Waals surface area contributed by atoms with E-state index in [0.29, 0.717) is 10.4 Å². The molecule has 0 radical (unpaired) electrons. The lowest BCUT2D eigenvalue weighted by atomic mass is 10.2. The molecule has 16 heavy (non-hydrogen) atoms. The van der Waals surface area contributed by atoms with E-state index in [-0.39, 0.29) is 16.5 Å². The van der Waals surface area contributed by atoms with Crippen molar-refractivity contribution in [2.75, 3.05) is 0 Å². The van der Waals surface area contributed by atoms with Crippen LogP contribution in [0.2, 0.25) is 5.02 Å². The quantitative estimate of drug-likeness (QED) is 0.793. The molecule has 1 aromatic carbocycles. The summed E-state index contributed by atoms with van der Waals surface area (Å²) >= 11 is 5.72. The second kappa shape index (κ2) is 6.96. The summed E-state index contributed by atoms with van der Waals surface area (Å²) in [5.74, 6) is 0.143. The largest absolute Gasteiger partial charge is 0.512 e. The zero-order chi connectivity index (χ0) is 12.7. The molecule has 2 nitrogen and oxygen atoms in total. The minimum absolute atomic E-state index is 0.00948. The molecule has 2 N–H and O–H groups in total. The Bertz CT molecular complexity index is 471. The summed E-state index contributed by atoms with van der Waals surface area (Å²) in [6.45, 7) is 9.11. The predicted octanol–water partition coefficient (Wildman–Crippen LogP) is 2.72. The summed E-state index contributed by atoms with van der Waals surface area (Å²) in [6.07, 6.45) is 3.26. The smallest absolute Gasteiger partial charge is 0.134 e. The number of rotatable bonds is 1. The molecule has 0 bridgehead atoms. The highest BCUT2D eigenvalue weighted by molar-refractivity contribution is 6.31. The maximum atomic E-state index is 9.37. The second-order valence-corrected chi connectivity index (χ2v) is 3.29. The van der Waals surface area contributed by atoms with Gasteiger partial charge in [-0.1, -0.05) is 44.2 Å². The molecule has 0 fully saturated rings. The molecule has 0 amide bonds. The molecule has 0 aromatic heterocycles. The van der Waals surface area contributed by atoms with Crippen molar-refractivity contribution in [1.29, 1.82) is 0 Å². The molecule has 0 atom stereocenters. The van der Waals surface area contributed by atoms with Crippen LogP contribution in [-0.2, 0) is 0 Å². The van der Waals surface area contributed by atoms with Gasteiger partial charge < -0.3 is 10.2 Å². The van der Waals surface area contributed by atoms with E-state index in [1.54, 1.807) is 19.1 Å². The molecule has 0 aliphatic carbocycles. The topological polar surface area (TPSA) is 40.5 Å². The maximum Gasteiger partial charge on any atom is 0.134 e. The molecule has 88 valence electrons. The second-order valence-electron chi connectivity index (χ2n) is 2.88. The molecule has 0 aliphatic rings. The highest BCUT2D eigenvalue weighted by atomic mass is 35.5. The van der Waals surface area contributed by atoms with E-state index in [9.17, 15) is 10.2 Å². The zero-order valence-corrected chi connectivity index (χ0v) is 10.5. The number of halogens is 1. The van der Waals surface area contributed by atoms with Gasteiger partial charge in [-0.25, -0.2) is 0 Å². The van der Waals surface area contributed by atoms with Gasteiger partial charge in [-0.15, -0.1) is 0 Å². The Kier molecular flexibility index (Phi) is 6.35. The van der Waals surface area contributed by atoms with Gasteiger partial charge in [0.15, 0.2) is 0 Å². The molecule has 0 heterocycles. The van der Waals surface area contributed by atoms with Crippen LogP contribution in [0.15, 0.2) is 24.8 Å². The fourth-order valence-electron chi connectivity index (χ4n) is 1.16. The third-order valence-corrected chi connectivity index (χ3v) is 2.11. The summed E-state index contributed by atoms with van der Waals surface area (Å²) in [6, 6.07) is 3.00. The van der Waals surface area contributed by atoms with Crippen LogP contribution in [-0.4, -0.2) is 10.2 Å². The van der Waals surface area contributed by atoms with Crippen LogP contribution in [0.25, 0.3) is 11.8 Å². The van der Waals surface area contributed by atoms with Crippen LogP contribution < -0.4 is 10.4 Å². The van der Waals surface area contributed by atoms with E-state index < -0.39 is 0 Å². The SMILES string of the molecule is C=C/C=c1/cc(O)c(Cl)c/c1=C(/C)O.CC. The van der Waals surface area contributed by atoms with Crippen LogP contribution in [0.3, 0.4) is 0 Å². The Morgan fingerprint density at radius 1 is 1.38 bits per heavy atom. The minimum atomic E-state index is -0.00948. The van der Waals surface area contributed by atoms with E-state index in [1.807, 2.05) is 13.8 Å². The van der Waals surface area contributed by atoms with Crippen molar-refractivity contribution in [1.82, 2.24) is 0 Å². The van der Waals surface area contributed by atoms with Crippen molar-refractivity contribution in [3.8, 4) is 5.75 Å².